The SMILES string of the molecule is NCC1(c2cccc(Cl)c2)CC#CCC1. The summed E-state index contributed by atoms with van der Waals surface area (Å²) in [5.41, 5.74) is 7.16. The summed E-state index contributed by atoms with van der Waals surface area (Å²) in [5.74, 6) is 6.29. The molecule has 0 radical (unpaired) electrons. The van der Waals surface area contributed by atoms with Crippen molar-refractivity contribution in [2.75, 3.05) is 6.54 Å². The Bertz CT molecular complexity index is 416. The maximum atomic E-state index is 6.01. The lowest BCUT2D eigenvalue weighted by molar-refractivity contribution is 0.411. The van der Waals surface area contributed by atoms with Gasteiger partial charge in [-0.15, -0.1) is 11.8 Å². The molecule has 2 rings (SSSR count). The molecule has 1 nitrogen and oxygen atoms in total. The highest BCUT2D eigenvalue weighted by atomic mass is 35.5. The van der Waals surface area contributed by atoms with Crippen LogP contribution in [-0.2, 0) is 5.41 Å². The van der Waals surface area contributed by atoms with Crippen LogP contribution in [0.4, 0.5) is 0 Å². The first-order chi connectivity index (χ1) is 7.27. The predicted molar refractivity (Wildman–Crippen MR) is 63.8 cm³/mol. The van der Waals surface area contributed by atoms with Crippen LogP contribution in [-0.4, -0.2) is 6.54 Å². The van der Waals surface area contributed by atoms with E-state index in [2.05, 4.69) is 17.9 Å². The van der Waals surface area contributed by atoms with Crippen LogP contribution < -0.4 is 5.73 Å². The molecule has 0 amide bonds. The van der Waals surface area contributed by atoms with Crippen LogP contribution in [0.25, 0.3) is 0 Å². The van der Waals surface area contributed by atoms with Gasteiger partial charge in [0.05, 0.1) is 0 Å². The van der Waals surface area contributed by atoms with Gasteiger partial charge in [-0.3, -0.25) is 0 Å². The summed E-state index contributed by atoms with van der Waals surface area (Å²) >= 11 is 6.01. The molecule has 0 aliphatic heterocycles. The Hall–Kier alpha value is -0.970. The molecule has 1 atom stereocenters. The van der Waals surface area contributed by atoms with Gasteiger partial charge in [0.15, 0.2) is 0 Å². The molecule has 15 heavy (non-hydrogen) atoms. The molecule has 0 saturated carbocycles. The number of hydrogen-bond donors (Lipinski definition) is 1. The second kappa shape index (κ2) is 4.26. The first-order valence-corrected chi connectivity index (χ1v) is 5.56. The van der Waals surface area contributed by atoms with Gasteiger partial charge in [-0.2, -0.15) is 0 Å². The van der Waals surface area contributed by atoms with Crippen LogP contribution in [0.2, 0.25) is 5.02 Å². The molecule has 1 aliphatic carbocycles. The normalized spacial score (nSPS) is 24.4. The van der Waals surface area contributed by atoms with Gasteiger partial charge in [-0.05, 0) is 24.1 Å². The van der Waals surface area contributed by atoms with Gasteiger partial charge in [-0.1, -0.05) is 23.7 Å². The van der Waals surface area contributed by atoms with Gasteiger partial charge in [0, 0.05) is 29.8 Å². The average Bonchev–Trinajstić information content (AvgIpc) is 2.30. The molecule has 1 aromatic carbocycles. The van der Waals surface area contributed by atoms with Crippen LogP contribution in [0.3, 0.4) is 0 Å². The Morgan fingerprint density at radius 2 is 2.27 bits per heavy atom. The second-order valence-electron chi connectivity index (χ2n) is 4.03. The van der Waals surface area contributed by atoms with Crippen LogP contribution in [0, 0.1) is 11.8 Å². The summed E-state index contributed by atoms with van der Waals surface area (Å²) in [6.07, 6.45) is 2.82. The average molecular weight is 220 g/mol. The summed E-state index contributed by atoms with van der Waals surface area (Å²) < 4.78 is 0. The van der Waals surface area contributed by atoms with Crippen molar-refractivity contribution in [1.29, 1.82) is 0 Å². The molecule has 0 fully saturated rings. The molecule has 0 saturated heterocycles. The Kier molecular flexibility index (Phi) is 3.00. The lowest BCUT2D eigenvalue weighted by atomic mass is 9.72. The van der Waals surface area contributed by atoms with Crippen LogP contribution in [0.5, 0.6) is 0 Å². The highest BCUT2D eigenvalue weighted by molar-refractivity contribution is 6.30. The van der Waals surface area contributed by atoms with E-state index >= 15 is 0 Å². The van der Waals surface area contributed by atoms with Crippen molar-refractivity contribution in [3.63, 3.8) is 0 Å². The largest absolute Gasteiger partial charge is 0.330 e. The lowest BCUT2D eigenvalue weighted by Gasteiger charge is -2.32. The fraction of sp³-hybridized carbons (Fsp3) is 0.385. The van der Waals surface area contributed by atoms with Gasteiger partial charge >= 0.3 is 0 Å². The first-order valence-electron chi connectivity index (χ1n) is 5.19. The van der Waals surface area contributed by atoms with Crippen molar-refractivity contribution in [2.24, 2.45) is 5.73 Å². The van der Waals surface area contributed by atoms with Crippen molar-refractivity contribution in [3.8, 4) is 11.8 Å². The van der Waals surface area contributed by atoms with E-state index in [1.807, 2.05) is 18.2 Å². The Balaban J connectivity index is 2.39. The topological polar surface area (TPSA) is 26.0 Å². The van der Waals surface area contributed by atoms with E-state index in [4.69, 9.17) is 17.3 Å². The molecule has 0 aromatic heterocycles. The molecular formula is C13H14ClN. The standard InChI is InChI=1S/C13H14ClN/c14-12-6-4-5-11(9-12)13(10-15)7-2-1-3-8-13/h4-6,9H,2,7-8,10,15H2. The molecule has 78 valence electrons. The van der Waals surface area contributed by atoms with Gasteiger partial charge in [0.2, 0.25) is 0 Å². The predicted octanol–water partition coefficient (Wildman–Crippen LogP) is 2.72. The molecule has 0 spiro atoms. The quantitative estimate of drug-likeness (QED) is 0.761. The second-order valence-corrected chi connectivity index (χ2v) is 4.46. The summed E-state index contributed by atoms with van der Waals surface area (Å²) in [5, 5.41) is 0.777. The number of hydrogen-bond acceptors (Lipinski definition) is 1. The highest BCUT2D eigenvalue weighted by Gasteiger charge is 2.30. The minimum Gasteiger partial charge on any atom is -0.330 e. The maximum absolute atomic E-state index is 6.01. The molecular weight excluding hydrogens is 206 g/mol. The Morgan fingerprint density at radius 3 is 2.87 bits per heavy atom. The highest BCUT2D eigenvalue weighted by Crippen LogP contribution is 2.34. The van der Waals surface area contributed by atoms with E-state index in [0.717, 1.165) is 24.3 Å². The fourth-order valence-electron chi connectivity index (χ4n) is 2.07. The molecule has 2 heteroatoms. The molecule has 1 aliphatic rings. The summed E-state index contributed by atoms with van der Waals surface area (Å²) in [6.45, 7) is 0.641. The summed E-state index contributed by atoms with van der Waals surface area (Å²) in [7, 11) is 0. The van der Waals surface area contributed by atoms with Crippen molar-refractivity contribution in [3.05, 3.63) is 34.9 Å². The number of rotatable bonds is 2. The van der Waals surface area contributed by atoms with E-state index in [9.17, 15) is 0 Å². The lowest BCUT2D eigenvalue weighted by Crippen LogP contribution is -2.35. The van der Waals surface area contributed by atoms with Gasteiger partial charge in [0.25, 0.3) is 0 Å². The van der Waals surface area contributed by atoms with E-state index in [1.54, 1.807) is 0 Å². The van der Waals surface area contributed by atoms with Crippen molar-refractivity contribution >= 4 is 11.6 Å². The molecule has 1 unspecified atom stereocenters. The number of benzene rings is 1. The minimum atomic E-state index is 0.0240. The zero-order chi connectivity index (χ0) is 10.7. The third-order valence-electron chi connectivity index (χ3n) is 3.11. The monoisotopic (exact) mass is 219 g/mol. The fourth-order valence-corrected chi connectivity index (χ4v) is 2.26. The van der Waals surface area contributed by atoms with E-state index in [0.29, 0.717) is 6.54 Å². The molecule has 1 aromatic rings. The van der Waals surface area contributed by atoms with Crippen molar-refractivity contribution in [1.82, 2.24) is 0 Å². The van der Waals surface area contributed by atoms with E-state index < -0.39 is 0 Å². The summed E-state index contributed by atoms with van der Waals surface area (Å²) in [6, 6.07) is 7.99. The van der Waals surface area contributed by atoms with Crippen LogP contribution >= 0.6 is 11.6 Å². The Morgan fingerprint density at radius 1 is 1.40 bits per heavy atom. The van der Waals surface area contributed by atoms with E-state index in [1.165, 1.54) is 5.56 Å². The molecule has 0 heterocycles. The Labute approximate surface area is 95.6 Å². The molecule has 0 bridgehead atoms. The zero-order valence-corrected chi connectivity index (χ0v) is 9.35. The van der Waals surface area contributed by atoms with Crippen LogP contribution in [0.1, 0.15) is 24.8 Å². The van der Waals surface area contributed by atoms with Gasteiger partial charge < -0.3 is 5.73 Å². The van der Waals surface area contributed by atoms with E-state index in [-0.39, 0.29) is 5.41 Å². The van der Waals surface area contributed by atoms with Gasteiger partial charge in [-0.25, -0.2) is 0 Å². The van der Waals surface area contributed by atoms with Gasteiger partial charge in [0.1, 0.15) is 0 Å². The van der Waals surface area contributed by atoms with Crippen LogP contribution in [0.15, 0.2) is 24.3 Å². The zero-order valence-electron chi connectivity index (χ0n) is 8.59. The number of halogens is 1. The van der Waals surface area contributed by atoms with Crippen molar-refractivity contribution in [2.45, 2.75) is 24.7 Å². The van der Waals surface area contributed by atoms with Crippen molar-refractivity contribution < 1.29 is 0 Å². The minimum absolute atomic E-state index is 0.0240. The molecule has 2 N–H and O–H groups in total. The third-order valence-corrected chi connectivity index (χ3v) is 3.34. The maximum Gasteiger partial charge on any atom is 0.0408 e. The smallest absolute Gasteiger partial charge is 0.0408 e. The first kappa shape index (κ1) is 10.5. The summed E-state index contributed by atoms with van der Waals surface area (Å²) in [4.78, 5) is 0. The third kappa shape index (κ3) is 2.02. The number of nitrogens with two attached hydrogens (primary N) is 1.